The Balaban J connectivity index is 2.27. The lowest BCUT2D eigenvalue weighted by Crippen LogP contribution is -2.08. The van der Waals surface area contributed by atoms with Crippen LogP contribution in [0.5, 0.6) is 0 Å². The number of H-pyrrole nitrogens is 1. The minimum absolute atomic E-state index is 0.230. The molecule has 0 saturated carbocycles. The molecule has 4 nitrogen and oxygen atoms in total. The standard InChI is InChI=1S/C12H7BrFN3O/c13-10-5-7-6-15-17(11(7)16-12(10)18)9-3-1-8(14)2-4-9/h1-6H,(H,16,18). The van der Waals surface area contributed by atoms with Gasteiger partial charge in [0.1, 0.15) is 11.5 Å². The van der Waals surface area contributed by atoms with Crippen molar-refractivity contribution in [3.8, 4) is 5.69 Å². The van der Waals surface area contributed by atoms with Crippen LogP contribution in [0, 0.1) is 5.82 Å². The van der Waals surface area contributed by atoms with Gasteiger partial charge in [-0.2, -0.15) is 5.10 Å². The number of nitrogens with zero attached hydrogens (tertiary/aromatic N) is 2. The van der Waals surface area contributed by atoms with Crippen LogP contribution in [-0.4, -0.2) is 14.8 Å². The summed E-state index contributed by atoms with van der Waals surface area (Å²) in [7, 11) is 0. The van der Waals surface area contributed by atoms with E-state index in [4.69, 9.17) is 0 Å². The van der Waals surface area contributed by atoms with Gasteiger partial charge in [-0.25, -0.2) is 9.07 Å². The number of aromatic nitrogens is 3. The van der Waals surface area contributed by atoms with E-state index in [0.29, 0.717) is 15.8 Å². The zero-order valence-corrected chi connectivity index (χ0v) is 10.6. The monoisotopic (exact) mass is 307 g/mol. The lowest BCUT2D eigenvalue weighted by molar-refractivity contribution is 0.627. The van der Waals surface area contributed by atoms with Gasteiger partial charge in [0.2, 0.25) is 0 Å². The van der Waals surface area contributed by atoms with E-state index in [0.717, 1.165) is 5.39 Å². The maximum Gasteiger partial charge on any atom is 0.263 e. The molecule has 0 saturated heterocycles. The second kappa shape index (κ2) is 4.06. The fourth-order valence-corrected chi connectivity index (χ4v) is 2.08. The first-order valence-corrected chi connectivity index (χ1v) is 5.97. The summed E-state index contributed by atoms with van der Waals surface area (Å²) in [5.74, 6) is -0.313. The highest BCUT2D eigenvalue weighted by Gasteiger charge is 2.07. The Morgan fingerprint density at radius 3 is 2.72 bits per heavy atom. The van der Waals surface area contributed by atoms with Crippen LogP contribution < -0.4 is 5.56 Å². The highest BCUT2D eigenvalue weighted by Crippen LogP contribution is 2.17. The van der Waals surface area contributed by atoms with E-state index in [2.05, 4.69) is 26.0 Å². The van der Waals surface area contributed by atoms with Crippen molar-refractivity contribution in [1.29, 1.82) is 0 Å². The predicted molar refractivity (Wildman–Crippen MR) is 69.3 cm³/mol. The number of nitrogens with one attached hydrogen (secondary N) is 1. The number of pyridine rings is 1. The van der Waals surface area contributed by atoms with E-state index in [-0.39, 0.29) is 11.4 Å². The van der Waals surface area contributed by atoms with Crippen LogP contribution in [0.2, 0.25) is 0 Å². The first-order chi connectivity index (χ1) is 8.65. The minimum atomic E-state index is -0.313. The van der Waals surface area contributed by atoms with Crippen molar-refractivity contribution < 1.29 is 4.39 Å². The lowest BCUT2D eigenvalue weighted by atomic mass is 10.3. The third kappa shape index (κ3) is 1.74. The fourth-order valence-electron chi connectivity index (χ4n) is 1.74. The third-order valence-electron chi connectivity index (χ3n) is 2.60. The molecule has 0 bridgehead atoms. The van der Waals surface area contributed by atoms with Gasteiger partial charge in [-0.3, -0.25) is 4.79 Å². The molecule has 0 atom stereocenters. The Hall–Kier alpha value is -1.95. The summed E-state index contributed by atoms with van der Waals surface area (Å²) < 4.78 is 14.9. The van der Waals surface area contributed by atoms with Crippen LogP contribution in [0.1, 0.15) is 0 Å². The molecule has 1 aromatic carbocycles. The largest absolute Gasteiger partial charge is 0.305 e. The Kier molecular flexibility index (Phi) is 2.52. The Bertz CT molecular complexity index is 776. The van der Waals surface area contributed by atoms with Gasteiger partial charge in [0.25, 0.3) is 5.56 Å². The molecule has 0 radical (unpaired) electrons. The van der Waals surface area contributed by atoms with E-state index in [1.165, 1.54) is 12.1 Å². The van der Waals surface area contributed by atoms with E-state index in [1.54, 1.807) is 29.1 Å². The van der Waals surface area contributed by atoms with Gasteiger partial charge in [-0.1, -0.05) is 0 Å². The zero-order chi connectivity index (χ0) is 12.7. The SMILES string of the molecule is O=c1[nH]c2c(cnn2-c2ccc(F)cc2)cc1Br. The smallest absolute Gasteiger partial charge is 0.263 e. The maximum atomic E-state index is 12.9. The van der Waals surface area contributed by atoms with Crippen molar-refractivity contribution >= 4 is 27.0 Å². The van der Waals surface area contributed by atoms with E-state index in [9.17, 15) is 9.18 Å². The number of fused-ring (bicyclic) bond motifs is 1. The predicted octanol–water partition coefficient (Wildman–Crippen LogP) is 2.62. The van der Waals surface area contributed by atoms with E-state index < -0.39 is 0 Å². The average Bonchev–Trinajstić information content (AvgIpc) is 2.74. The molecule has 90 valence electrons. The first kappa shape index (κ1) is 11.2. The highest BCUT2D eigenvalue weighted by atomic mass is 79.9. The molecule has 0 fully saturated rings. The van der Waals surface area contributed by atoms with Gasteiger partial charge in [-0.05, 0) is 46.3 Å². The highest BCUT2D eigenvalue weighted by molar-refractivity contribution is 9.10. The van der Waals surface area contributed by atoms with Crippen molar-refractivity contribution in [2.45, 2.75) is 0 Å². The van der Waals surface area contributed by atoms with Crippen LogP contribution in [-0.2, 0) is 0 Å². The van der Waals surface area contributed by atoms with Crippen LogP contribution in [0.15, 0.2) is 45.8 Å². The molecular formula is C12H7BrFN3O. The van der Waals surface area contributed by atoms with Gasteiger partial charge in [0.05, 0.1) is 16.4 Å². The molecule has 1 N–H and O–H groups in total. The Morgan fingerprint density at radius 1 is 1.28 bits per heavy atom. The summed E-state index contributed by atoms with van der Waals surface area (Å²) in [5, 5.41) is 4.98. The molecule has 0 spiro atoms. The van der Waals surface area contributed by atoms with Crippen molar-refractivity contribution in [2.75, 3.05) is 0 Å². The second-order valence-corrected chi connectivity index (χ2v) is 4.64. The van der Waals surface area contributed by atoms with E-state index in [1.807, 2.05) is 0 Å². The number of halogens is 2. The molecule has 2 aromatic heterocycles. The van der Waals surface area contributed by atoms with Gasteiger partial charge in [0, 0.05) is 5.39 Å². The molecule has 18 heavy (non-hydrogen) atoms. The number of hydrogen-bond acceptors (Lipinski definition) is 2. The molecule has 3 aromatic rings. The van der Waals surface area contributed by atoms with Crippen molar-refractivity contribution in [3.05, 3.63) is 57.2 Å². The van der Waals surface area contributed by atoms with Crippen LogP contribution in [0.3, 0.4) is 0 Å². The topological polar surface area (TPSA) is 50.7 Å². The van der Waals surface area contributed by atoms with E-state index >= 15 is 0 Å². The summed E-state index contributed by atoms with van der Waals surface area (Å²) >= 11 is 3.16. The molecule has 6 heteroatoms. The normalized spacial score (nSPS) is 11.0. The minimum Gasteiger partial charge on any atom is -0.305 e. The number of hydrogen-bond donors (Lipinski definition) is 1. The van der Waals surface area contributed by atoms with Crippen molar-refractivity contribution in [1.82, 2.24) is 14.8 Å². The average molecular weight is 308 g/mol. The van der Waals surface area contributed by atoms with Crippen LogP contribution in [0.4, 0.5) is 4.39 Å². The van der Waals surface area contributed by atoms with Gasteiger partial charge in [0.15, 0.2) is 0 Å². The zero-order valence-electron chi connectivity index (χ0n) is 9.02. The summed E-state index contributed by atoms with van der Waals surface area (Å²) in [6, 6.07) is 7.59. The number of aromatic amines is 1. The molecule has 0 aliphatic carbocycles. The molecule has 0 amide bonds. The number of benzene rings is 1. The molecule has 0 aliphatic rings. The molecule has 0 unspecified atom stereocenters. The summed E-state index contributed by atoms with van der Waals surface area (Å²) in [6.07, 6.45) is 1.64. The van der Waals surface area contributed by atoms with Crippen molar-refractivity contribution in [2.24, 2.45) is 0 Å². The van der Waals surface area contributed by atoms with Crippen LogP contribution in [0.25, 0.3) is 16.7 Å². The van der Waals surface area contributed by atoms with Crippen LogP contribution >= 0.6 is 15.9 Å². The number of rotatable bonds is 1. The maximum absolute atomic E-state index is 12.9. The third-order valence-corrected chi connectivity index (χ3v) is 3.19. The first-order valence-electron chi connectivity index (χ1n) is 5.17. The quantitative estimate of drug-likeness (QED) is 0.751. The molecular weight excluding hydrogens is 301 g/mol. The fraction of sp³-hybridized carbons (Fsp3) is 0. The summed E-state index contributed by atoms with van der Waals surface area (Å²) in [6.45, 7) is 0. The summed E-state index contributed by atoms with van der Waals surface area (Å²) in [4.78, 5) is 14.3. The van der Waals surface area contributed by atoms with Gasteiger partial charge in [-0.15, -0.1) is 0 Å². The van der Waals surface area contributed by atoms with Gasteiger partial charge < -0.3 is 4.98 Å². The second-order valence-electron chi connectivity index (χ2n) is 3.78. The summed E-state index contributed by atoms with van der Waals surface area (Å²) in [5.41, 5.74) is 1.03. The molecule has 3 rings (SSSR count). The molecule has 2 heterocycles. The Labute approximate surface area is 109 Å². The van der Waals surface area contributed by atoms with Gasteiger partial charge >= 0.3 is 0 Å². The van der Waals surface area contributed by atoms with Crippen molar-refractivity contribution in [3.63, 3.8) is 0 Å². The molecule has 0 aliphatic heterocycles. The lowest BCUT2D eigenvalue weighted by Gasteiger charge is -2.02. The Morgan fingerprint density at radius 2 is 2.00 bits per heavy atom.